The van der Waals surface area contributed by atoms with Crippen LogP contribution in [0.3, 0.4) is 0 Å². The molecule has 0 atom stereocenters. The second kappa shape index (κ2) is 7.72. The maximum atomic E-state index is 5.67. The molecule has 1 aromatic heterocycles. The molecule has 114 valence electrons. The molecule has 0 aliphatic heterocycles. The van der Waals surface area contributed by atoms with Gasteiger partial charge < -0.3 is 10.1 Å². The van der Waals surface area contributed by atoms with Crippen molar-refractivity contribution < 1.29 is 4.74 Å². The van der Waals surface area contributed by atoms with Crippen LogP contribution < -0.4 is 10.1 Å². The van der Waals surface area contributed by atoms with Gasteiger partial charge in [-0.3, -0.25) is 4.68 Å². The SMILES string of the molecule is CCCCOc1ccc(CNc2cn(C)nc2CC)cc1. The maximum absolute atomic E-state index is 5.67. The van der Waals surface area contributed by atoms with E-state index in [0.29, 0.717) is 0 Å². The minimum Gasteiger partial charge on any atom is -0.494 e. The van der Waals surface area contributed by atoms with E-state index in [4.69, 9.17) is 4.74 Å². The number of unbranched alkanes of at least 4 members (excludes halogenated alkanes) is 1. The molecule has 0 saturated heterocycles. The maximum Gasteiger partial charge on any atom is 0.119 e. The van der Waals surface area contributed by atoms with E-state index in [9.17, 15) is 0 Å². The van der Waals surface area contributed by atoms with Crippen molar-refractivity contribution in [2.24, 2.45) is 7.05 Å². The molecule has 1 heterocycles. The number of benzene rings is 1. The van der Waals surface area contributed by atoms with Gasteiger partial charge in [0.05, 0.1) is 18.0 Å². The van der Waals surface area contributed by atoms with Crippen molar-refractivity contribution >= 4 is 5.69 Å². The molecule has 0 fully saturated rings. The van der Waals surface area contributed by atoms with Crippen LogP contribution >= 0.6 is 0 Å². The third-order valence-corrected chi connectivity index (χ3v) is 3.41. The zero-order valence-corrected chi connectivity index (χ0v) is 13.2. The van der Waals surface area contributed by atoms with Crippen molar-refractivity contribution in [2.45, 2.75) is 39.7 Å². The Hall–Kier alpha value is -1.97. The average molecular weight is 287 g/mol. The minimum absolute atomic E-state index is 0.795. The summed E-state index contributed by atoms with van der Waals surface area (Å²) in [5.41, 5.74) is 3.46. The van der Waals surface area contributed by atoms with Crippen molar-refractivity contribution in [3.8, 4) is 5.75 Å². The lowest BCUT2D eigenvalue weighted by molar-refractivity contribution is 0.309. The highest BCUT2D eigenvalue weighted by atomic mass is 16.5. The number of aryl methyl sites for hydroxylation is 2. The zero-order chi connectivity index (χ0) is 15.1. The fourth-order valence-electron chi connectivity index (χ4n) is 2.18. The predicted octanol–water partition coefficient (Wildman–Crippen LogP) is 3.77. The largest absolute Gasteiger partial charge is 0.494 e. The first-order valence-electron chi connectivity index (χ1n) is 7.71. The summed E-state index contributed by atoms with van der Waals surface area (Å²) < 4.78 is 7.52. The monoisotopic (exact) mass is 287 g/mol. The number of hydrogen-bond donors (Lipinski definition) is 1. The lowest BCUT2D eigenvalue weighted by atomic mass is 10.2. The Kier molecular flexibility index (Phi) is 5.67. The summed E-state index contributed by atoms with van der Waals surface area (Å²) in [4.78, 5) is 0. The Bertz CT molecular complexity index is 546. The second-order valence-electron chi connectivity index (χ2n) is 5.22. The number of rotatable bonds is 8. The molecule has 0 radical (unpaired) electrons. The van der Waals surface area contributed by atoms with E-state index in [1.54, 1.807) is 0 Å². The molecule has 0 bridgehead atoms. The van der Waals surface area contributed by atoms with Crippen molar-refractivity contribution in [1.29, 1.82) is 0 Å². The summed E-state index contributed by atoms with van der Waals surface area (Å²) in [6.45, 7) is 5.88. The fraction of sp³-hybridized carbons (Fsp3) is 0.471. The van der Waals surface area contributed by atoms with Crippen LogP contribution in [0.15, 0.2) is 30.5 Å². The summed E-state index contributed by atoms with van der Waals surface area (Å²) in [6.07, 6.45) is 5.23. The lowest BCUT2D eigenvalue weighted by Crippen LogP contribution is -2.01. The summed E-state index contributed by atoms with van der Waals surface area (Å²) in [6, 6.07) is 8.29. The van der Waals surface area contributed by atoms with Gasteiger partial charge in [-0.05, 0) is 30.5 Å². The van der Waals surface area contributed by atoms with Gasteiger partial charge in [0.1, 0.15) is 5.75 Å². The van der Waals surface area contributed by atoms with Gasteiger partial charge in [0.2, 0.25) is 0 Å². The van der Waals surface area contributed by atoms with Crippen molar-refractivity contribution in [3.05, 3.63) is 41.7 Å². The Morgan fingerprint density at radius 1 is 1.19 bits per heavy atom. The number of nitrogens with one attached hydrogen (secondary N) is 1. The van der Waals surface area contributed by atoms with Crippen molar-refractivity contribution in [2.75, 3.05) is 11.9 Å². The van der Waals surface area contributed by atoms with Crippen LogP contribution in [0.25, 0.3) is 0 Å². The summed E-state index contributed by atoms with van der Waals surface area (Å²) in [5, 5.41) is 7.88. The molecule has 0 unspecified atom stereocenters. The Morgan fingerprint density at radius 2 is 1.95 bits per heavy atom. The Labute approximate surface area is 127 Å². The number of aromatic nitrogens is 2. The molecule has 4 heteroatoms. The van der Waals surface area contributed by atoms with E-state index in [1.807, 2.05) is 30.1 Å². The molecule has 21 heavy (non-hydrogen) atoms. The molecule has 0 saturated carbocycles. The molecule has 0 aliphatic rings. The standard InChI is InChI=1S/C17H25N3O/c1-4-6-11-21-15-9-7-14(8-10-15)12-18-17-13-20(3)19-16(17)5-2/h7-10,13,18H,4-6,11-12H2,1-3H3. The van der Waals surface area contributed by atoms with Gasteiger partial charge in [-0.1, -0.05) is 32.4 Å². The van der Waals surface area contributed by atoms with E-state index in [0.717, 1.165) is 49.5 Å². The molecule has 0 amide bonds. The summed E-state index contributed by atoms with van der Waals surface area (Å²) in [5.74, 6) is 0.947. The predicted molar refractivity (Wildman–Crippen MR) is 86.8 cm³/mol. The van der Waals surface area contributed by atoms with Crippen LogP contribution in [0.2, 0.25) is 0 Å². The van der Waals surface area contributed by atoms with E-state index in [1.165, 1.54) is 5.56 Å². The van der Waals surface area contributed by atoms with Crippen LogP contribution in [-0.4, -0.2) is 16.4 Å². The lowest BCUT2D eigenvalue weighted by Gasteiger charge is -2.08. The van der Waals surface area contributed by atoms with Crippen molar-refractivity contribution in [3.63, 3.8) is 0 Å². The van der Waals surface area contributed by atoms with Gasteiger partial charge in [0.15, 0.2) is 0 Å². The van der Waals surface area contributed by atoms with Gasteiger partial charge >= 0.3 is 0 Å². The molecule has 1 N–H and O–H groups in total. The highest BCUT2D eigenvalue weighted by molar-refractivity contribution is 5.47. The number of hydrogen-bond acceptors (Lipinski definition) is 3. The molecule has 0 aliphatic carbocycles. The molecule has 4 nitrogen and oxygen atoms in total. The first kappa shape index (κ1) is 15.4. The number of anilines is 1. The van der Waals surface area contributed by atoms with E-state index >= 15 is 0 Å². The molecular formula is C17H25N3O. The first-order chi connectivity index (χ1) is 10.2. The molecule has 1 aromatic carbocycles. The van der Waals surface area contributed by atoms with Crippen LogP contribution in [0.1, 0.15) is 37.9 Å². The third-order valence-electron chi connectivity index (χ3n) is 3.41. The van der Waals surface area contributed by atoms with E-state index in [2.05, 4.69) is 36.4 Å². The van der Waals surface area contributed by atoms with Crippen molar-refractivity contribution in [1.82, 2.24) is 9.78 Å². The van der Waals surface area contributed by atoms with Crippen LogP contribution in [0.4, 0.5) is 5.69 Å². The number of nitrogens with zero attached hydrogens (tertiary/aromatic N) is 2. The normalized spacial score (nSPS) is 10.6. The summed E-state index contributed by atoms with van der Waals surface area (Å²) in [7, 11) is 1.95. The quantitative estimate of drug-likeness (QED) is 0.751. The van der Waals surface area contributed by atoms with Gasteiger partial charge in [-0.2, -0.15) is 5.10 Å². The summed E-state index contributed by atoms with van der Waals surface area (Å²) >= 11 is 0. The van der Waals surface area contributed by atoms with E-state index < -0.39 is 0 Å². The molecule has 2 rings (SSSR count). The zero-order valence-electron chi connectivity index (χ0n) is 13.2. The van der Waals surface area contributed by atoms with Gasteiger partial charge in [-0.15, -0.1) is 0 Å². The first-order valence-corrected chi connectivity index (χ1v) is 7.71. The van der Waals surface area contributed by atoms with Gasteiger partial charge in [0, 0.05) is 19.8 Å². The Balaban J connectivity index is 1.88. The molecule has 0 spiro atoms. The highest BCUT2D eigenvalue weighted by Crippen LogP contribution is 2.17. The van der Waals surface area contributed by atoms with Crippen LogP contribution in [-0.2, 0) is 20.0 Å². The van der Waals surface area contributed by atoms with Gasteiger partial charge in [-0.25, -0.2) is 0 Å². The fourth-order valence-corrected chi connectivity index (χ4v) is 2.18. The topological polar surface area (TPSA) is 39.1 Å². The van der Waals surface area contributed by atoms with E-state index in [-0.39, 0.29) is 0 Å². The minimum atomic E-state index is 0.795. The van der Waals surface area contributed by atoms with Crippen LogP contribution in [0.5, 0.6) is 5.75 Å². The number of ether oxygens (including phenoxy) is 1. The molecule has 2 aromatic rings. The third kappa shape index (κ3) is 4.52. The molecular weight excluding hydrogens is 262 g/mol. The Morgan fingerprint density at radius 3 is 2.62 bits per heavy atom. The average Bonchev–Trinajstić information content (AvgIpc) is 2.87. The second-order valence-corrected chi connectivity index (χ2v) is 5.22. The highest BCUT2D eigenvalue weighted by Gasteiger charge is 2.05. The van der Waals surface area contributed by atoms with Gasteiger partial charge in [0.25, 0.3) is 0 Å². The smallest absolute Gasteiger partial charge is 0.119 e. The van der Waals surface area contributed by atoms with Crippen LogP contribution in [0, 0.1) is 0 Å².